The molecule has 0 aromatic carbocycles. The van der Waals surface area contributed by atoms with Crippen LogP contribution in [0.4, 0.5) is 0 Å². The molecular formula is C6H13NO6. The number of hydrogen-bond donors (Lipinski definition) is 6. The van der Waals surface area contributed by atoms with Gasteiger partial charge in [0.1, 0.15) is 18.3 Å². The zero-order chi connectivity index (χ0) is 10.6. The molecule has 0 aromatic rings. The maximum Gasteiger partial charge on any atom is 0.199 e. The first-order chi connectivity index (χ1) is 5.86. The summed E-state index contributed by atoms with van der Waals surface area (Å²) in [7, 11) is 0. The van der Waals surface area contributed by atoms with Crippen LogP contribution < -0.4 is 5.73 Å². The van der Waals surface area contributed by atoms with Gasteiger partial charge in [-0.1, -0.05) is 0 Å². The Morgan fingerprint density at radius 1 is 1.38 bits per heavy atom. The lowest BCUT2D eigenvalue weighted by atomic mass is 10.00. The molecule has 0 unspecified atom stereocenters. The molecule has 7 nitrogen and oxygen atoms in total. The first-order valence-electron chi connectivity index (χ1n) is 3.49. The molecule has 7 N–H and O–H groups in total. The highest BCUT2D eigenvalue weighted by Gasteiger charge is 2.39. The van der Waals surface area contributed by atoms with Gasteiger partial charge in [0.15, 0.2) is 12.0 Å². The molecule has 7 heteroatoms. The van der Waals surface area contributed by atoms with Gasteiger partial charge in [-0.2, -0.15) is 0 Å². The zero-order valence-electron chi connectivity index (χ0n) is 6.74. The summed E-state index contributed by atoms with van der Waals surface area (Å²) in [5.74, 6) is 0. The minimum atomic E-state index is -2.64. The largest absolute Gasteiger partial charge is 0.394 e. The maximum absolute atomic E-state index is 10.1. The van der Waals surface area contributed by atoms with Crippen molar-refractivity contribution in [3.8, 4) is 0 Å². The molecule has 0 saturated carbocycles. The third kappa shape index (κ3) is 2.99. The summed E-state index contributed by atoms with van der Waals surface area (Å²) in [5, 5.41) is 44.1. The predicted molar refractivity (Wildman–Crippen MR) is 40.3 cm³/mol. The third-order valence-electron chi connectivity index (χ3n) is 1.57. The van der Waals surface area contributed by atoms with Gasteiger partial charge < -0.3 is 25.5 Å². The summed E-state index contributed by atoms with van der Waals surface area (Å²) in [5.41, 5.74) is 2.19. The Hall–Kier alpha value is -0.570. The van der Waals surface area contributed by atoms with Crippen molar-refractivity contribution in [3.05, 3.63) is 0 Å². The predicted octanol–water partition coefficient (Wildman–Crippen LogP) is -4.09. The molecule has 0 aliphatic heterocycles. The van der Waals surface area contributed by atoms with Crippen molar-refractivity contribution in [2.75, 3.05) is 6.61 Å². The van der Waals surface area contributed by atoms with Gasteiger partial charge in [-0.3, -0.25) is 10.5 Å². The monoisotopic (exact) mass is 195 g/mol. The summed E-state index contributed by atoms with van der Waals surface area (Å²) in [6.45, 7) is -0.826. The van der Waals surface area contributed by atoms with Gasteiger partial charge in [-0.15, -0.1) is 0 Å². The molecule has 0 saturated heterocycles. The molecule has 0 rings (SSSR count). The van der Waals surface area contributed by atoms with Crippen molar-refractivity contribution in [3.63, 3.8) is 0 Å². The maximum atomic E-state index is 10.1. The standard InChI is InChI=1S/C6H13NO6/c7-6(13,2-9)5(12)4(11)3(10)1-8/h2-5,8,10-13H,1,7H2/t3-,4+,5-,6-/m1/s1. The van der Waals surface area contributed by atoms with Crippen LogP contribution in [0, 0.1) is 0 Å². The van der Waals surface area contributed by atoms with Crippen LogP contribution in [0.3, 0.4) is 0 Å². The second-order valence-corrected chi connectivity index (χ2v) is 2.69. The minimum absolute atomic E-state index is 0.176. The minimum Gasteiger partial charge on any atom is -0.394 e. The van der Waals surface area contributed by atoms with Crippen LogP contribution >= 0.6 is 0 Å². The topological polar surface area (TPSA) is 144 Å². The van der Waals surface area contributed by atoms with Gasteiger partial charge in [-0.25, -0.2) is 0 Å². The molecule has 0 heterocycles. The van der Waals surface area contributed by atoms with E-state index in [1.165, 1.54) is 0 Å². The third-order valence-corrected chi connectivity index (χ3v) is 1.57. The van der Waals surface area contributed by atoms with Crippen LogP contribution in [0.2, 0.25) is 0 Å². The van der Waals surface area contributed by atoms with E-state index in [0.717, 1.165) is 0 Å². The first-order valence-corrected chi connectivity index (χ1v) is 3.49. The van der Waals surface area contributed by atoms with Crippen molar-refractivity contribution >= 4 is 6.29 Å². The van der Waals surface area contributed by atoms with Gasteiger partial charge in [0.2, 0.25) is 0 Å². The summed E-state index contributed by atoms with van der Waals surface area (Å²) >= 11 is 0. The number of aliphatic hydroxyl groups excluding tert-OH is 4. The van der Waals surface area contributed by atoms with Crippen molar-refractivity contribution in [2.45, 2.75) is 24.0 Å². The average molecular weight is 195 g/mol. The lowest BCUT2D eigenvalue weighted by Gasteiger charge is -2.28. The van der Waals surface area contributed by atoms with Crippen LogP contribution in [0.1, 0.15) is 0 Å². The molecule has 4 atom stereocenters. The fourth-order valence-electron chi connectivity index (χ4n) is 0.662. The molecule has 0 aromatic heterocycles. The SMILES string of the molecule is N[C@@](O)(C=O)[C@H](O)[C@@H](O)[C@H](O)CO. The van der Waals surface area contributed by atoms with E-state index in [0.29, 0.717) is 0 Å². The average Bonchev–Trinajstić information content (AvgIpc) is 2.14. The van der Waals surface area contributed by atoms with E-state index < -0.39 is 30.6 Å². The normalized spacial score (nSPS) is 22.9. The van der Waals surface area contributed by atoms with Crippen LogP contribution in [0.25, 0.3) is 0 Å². The van der Waals surface area contributed by atoms with E-state index in [-0.39, 0.29) is 6.29 Å². The smallest absolute Gasteiger partial charge is 0.199 e. The van der Waals surface area contributed by atoms with E-state index in [9.17, 15) is 4.79 Å². The highest BCUT2D eigenvalue weighted by atomic mass is 16.4. The van der Waals surface area contributed by atoms with E-state index in [1.807, 2.05) is 0 Å². The van der Waals surface area contributed by atoms with Crippen LogP contribution in [-0.2, 0) is 4.79 Å². The number of nitrogens with two attached hydrogens (primary N) is 1. The number of rotatable bonds is 5. The summed E-state index contributed by atoms with van der Waals surface area (Å²) in [4.78, 5) is 10.1. The Kier molecular flexibility index (Phi) is 4.40. The second kappa shape index (κ2) is 4.61. The quantitative estimate of drug-likeness (QED) is 0.193. The zero-order valence-corrected chi connectivity index (χ0v) is 6.74. The van der Waals surface area contributed by atoms with Gasteiger partial charge in [0.05, 0.1) is 6.61 Å². The van der Waals surface area contributed by atoms with Gasteiger partial charge in [0, 0.05) is 0 Å². The van der Waals surface area contributed by atoms with E-state index in [4.69, 9.17) is 31.3 Å². The number of aldehydes is 1. The molecule has 78 valence electrons. The van der Waals surface area contributed by atoms with Crippen LogP contribution in [0.15, 0.2) is 0 Å². The number of hydrogen-bond acceptors (Lipinski definition) is 7. The van der Waals surface area contributed by atoms with Crippen molar-refractivity contribution in [1.29, 1.82) is 0 Å². The lowest BCUT2D eigenvalue weighted by Crippen LogP contribution is -2.60. The molecular weight excluding hydrogens is 182 g/mol. The molecule has 0 bridgehead atoms. The Bertz CT molecular complexity index is 173. The first kappa shape index (κ1) is 12.4. The van der Waals surface area contributed by atoms with E-state index >= 15 is 0 Å². The molecule has 0 radical (unpaired) electrons. The summed E-state index contributed by atoms with van der Waals surface area (Å²) in [6, 6.07) is 0. The Morgan fingerprint density at radius 2 is 1.85 bits per heavy atom. The van der Waals surface area contributed by atoms with Gasteiger partial charge in [-0.05, 0) is 0 Å². The molecule has 0 aliphatic rings. The van der Waals surface area contributed by atoms with Crippen molar-refractivity contribution in [2.24, 2.45) is 5.73 Å². The van der Waals surface area contributed by atoms with Crippen LogP contribution in [0.5, 0.6) is 0 Å². The number of aliphatic hydroxyl groups is 5. The Labute approximate surface area is 74.0 Å². The number of carbonyl (C=O) groups excluding carboxylic acids is 1. The number of carbonyl (C=O) groups is 1. The summed E-state index contributed by atoms with van der Waals surface area (Å²) in [6.07, 6.45) is -5.81. The van der Waals surface area contributed by atoms with E-state index in [1.54, 1.807) is 0 Å². The lowest BCUT2D eigenvalue weighted by molar-refractivity contribution is -0.163. The molecule has 0 aliphatic carbocycles. The summed E-state index contributed by atoms with van der Waals surface area (Å²) < 4.78 is 0. The Balaban J connectivity index is 4.40. The van der Waals surface area contributed by atoms with E-state index in [2.05, 4.69) is 0 Å². The fourth-order valence-corrected chi connectivity index (χ4v) is 0.662. The van der Waals surface area contributed by atoms with Crippen molar-refractivity contribution < 1.29 is 30.3 Å². The molecule has 13 heavy (non-hydrogen) atoms. The van der Waals surface area contributed by atoms with Crippen molar-refractivity contribution in [1.82, 2.24) is 0 Å². The molecule has 0 fully saturated rings. The van der Waals surface area contributed by atoms with Gasteiger partial charge >= 0.3 is 0 Å². The Morgan fingerprint density at radius 3 is 2.15 bits per heavy atom. The van der Waals surface area contributed by atoms with Gasteiger partial charge in [0.25, 0.3) is 0 Å². The fraction of sp³-hybridized carbons (Fsp3) is 0.833. The molecule has 0 spiro atoms. The van der Waals surface area contributed by atoms with Crippen LogP contribution in [-0.4, -0.2) is 62.5 Å². The molecule has 0 amide bonds. The second-order valence-electron chi connectivity index (χ2n) is 2.69. The highest BCUT2D eigenvalue weighted by molar-refractivity contribution is 5.62. The highest BCUT2D eigenvalue weighted by Crippen LogP contribution is 2.08.